The lowest BCUT2D eigenvalue weighted by atomic mass is 10.1. The summed E-state index contributed by atoms with van der Waals surface area (Å²) in [6.45, 7) is 0. The number of furan rings is 1. The molecule has 2 aromatic heterocycles. The minimum atomic E-state index is -3.18. The zero-order chi connectivity index (χ0) is 20.6. The van der Waals surface area contributed by atoms with Crippen LogP contribution in [0, 0.1) is 11.6 Å². The first-order valence-electron chi connectivity index (χ1n) is 8.52. The first kappa shape index (κ1) is 19.0. The van der Waals surface area contributed by atoms with Crippen molar-refractivity contribution in [1.29, 1.82) is 0 Å². The Bertz CT molecular complexity index is 1320. The van der Waals surface area contributed by atoms with Gasteiger partial charge in [0.2, 0.25) is 5.95 Å². The van der Waals surface area contributed by atoms with Crippen LogP contribution in [-0.2, 0) is 15.6 Å². The van der Waals surface area contributed by atoms with E-state index >= 15 is 0 Å². The maximum absolute atomic E-state index is 14.4. The van der Waals surface area contributed by atoms with E-state index in [1.54, 1.807) is 24.3 Å². The Morgan fingerprint density at radius 1 is 1.10 bits per heavy atom. The molecule has 0 aliphatic heterocycles. The summed E-state index contributed by atoms with van der Waals surface area (Å²) in [6.07, 6.45) is 3.48. The number of hydrogen-bond acceptors (Lipinski definition) is 6. The lowest BCUT2D eigenvalue weighted by Crippen LogP contribution is -2.03. The van der Waals surface area contributed by atoms with Gasteiger partial charge in [-0.15, -0.1) is 0 Å². The van der Waals surface area contributed by atoms with Crippen molar-refractivity contribution in [2.75, 3.05) is 11.6 Å². The predicted molar refractivity (Wildman–Crippen MR) is 105 cm³/mol. The van der Waals surface area contributed by atoms with Crippen LogP contribution in [0.25, 0.3) is 22.2 Å². The van der Waals surface area contributed by atoms with E-state index in [1.807, 2.05) is 0 Å². The Hall–Kier alpha value is -3.33. The van der Waals surface area contributed by atoms with E-state index in [0.717, 1.165) is 12.5 Å². The average molecular weight is 415 g/mol. The molecule has 0 saturated carbocycles. The van der Waals surface area contributed by atoms with Crippen LogP contribution in [0.5, 0.6) is 0 Å². The predicted octanol–water partition coefficient (Wildman–Crippen LogP) is 4.46. The number of anilines is 2. The van der Waals surface area contributed by atoms with E-state index in [2.05, 4.69) is 15.3 Å². The number of aromatic nitrogens is 2. The lowest BCUT2D eigenvalue weighted by Gasteiger charge is -2.09. The lowest BCUT2D eigenvalue weighted by molar-refractivity contribution is 0.601. The van der Waals surface area contributed by atoms with E-state index in [0.29, 0.717) is 16.8 Å². The Kier molecular flexibility index (Phi) is 4.75. The summed E-state index contributed by atoms with van der Waals surface area (Å²) in [5, 5.41) is 3.16. The van der Waals surface area contributed by atoms with Crippen LogP contribution in [0.3, 0.4) is 0 Å². The molecule has 0 bridgehead atoms. The molecule has 0 amide bonds. The third kappa shape index (κ3) is 4.09. The molecule has 4 rings (SSSR count). The van der Waals surface area contributed by atoms with E-state index in [-0.39, 0.29) is 28.4 Å². The zero-order valence-electron chi connectivity index (χ0n) is 15.2. The van der Waals surface area contributed by atoms with Gasteiger partial charge in [0, 0.05) is 17.5 Å². The summed E-state index contributed by atoms with van der Waals surface area (Å²) in [5.74, 6) is -1.18. The Balaban J connectivity index is 1.70. The molecule has 6 nitrogen and oxygen atoms in total. The van der Waals surface area contributed by atoms with Crippen molar-refractivity contribution in [1.82, 2.24) is 9.97 Å². The molecule has 9 heteroatoms. The van der Waals surface area contributed by atoms with Crippen molar-refractivity contribution in [3.63, 3.8) is 0 Å². The molecule has 0 saturated heterocycles. The third-order valence-corrected chi connectivity index (χ3v) is 5.03. The summed E-state index contributed by atoms with van der Waals surface area (Å²) < 4.78 is 56.6. The molecular weight excluding hydrogens is 400 g/mol. The smallest absolute Gasteiger partial charge is 0.227 e. The summed E-state index contributed by atoms with van der Waals surface area (Å²) in [7, 11) is -3.18. The Labute approximate surface area is 165 Å². The van der Waals surface area contributed by atoms with Crippen molar-refractivity contribution in [3.8, 4) is 11.3 Å². The van der Waals surface area contributed by atoms with Crippen LogP contribution in [0.15, 0.2) is 59.3 Å². The summed E-state index contributed by atoms with van der Waals surface area (Å²) in [5.41, 5.74) is 1.57. The average Bonchev–Trinajstić information content (AvgIpc) is 3.14. The van der Waals surface area contributed by atoms with Gasteiger partial charge in [0.1, 0.15) is 17.1 Å². The minimum absolute atomic E-state index is 0.0465. The molecule has 2 heterocycles. The van der Waals surface area contributed by atoms with Gasteiger partial charge in [0.05, 0.1) is 23.6 Å². The molecule has 0 atom stereocenters. The number of nitrogens with one attached hydrogen (secondary N) is 1. The summed E-state index contributed by atoms with van der Waals surface area (Å²) >= 11 is 0. The van der Waals surface area contributed by atoms with Gasteiger partial charge in [-0.05, 0) is 35.9 Å². The number of sulfone groups is 1. The topological polar surface area (TPSA) is 85.1 Å². The number of hydrogen-bond donors (Lipinski definition) is 1. The van der Waals surface area contributed by atoms with Crippen LogP contribution in [-0.4, -0.2) is 24.6 Å². The molecule has 2 aromatic carbocycles. The highest BCUT2D eigenvalue weighted by molar-refractivity contribution is 7.89. The molecule has 29 heavy (non-hydrogen) atoms. The number of nitrogens with zero attached hydrogens (tertiary/aromatic N) is 2. The second-order valence-electron chi connectivity index (χ2n) is 6.54. The zero-order valence-corrected chi connectivity index (χ0v) is 16.0. The Morgan fingerprint density at radius 2 is 1.93 bits per heavy atom. The quantitative estimate of drug-likeness (QED) is 0.518. The van der Waals surface area contributed by atoms with Crippen molar-refractivity contribution < 1.29 is 21.6 Å². The maximum Gasteiger partial charge on any atom is 0.227 e. The number of halogens is 2. The molecule has 4 aromatic rings. The standard InChI is InChI=1S/C20H15F2N3O3S/c1-29(26,27)11-12-3-2-4-13(9-12)24-20-23-10-17(22)18(25-20)15-5-6-16(21)14-7-8-28-19(14)15/h2-10H,11H2,1H3,(H,23,24,25). The largest absolute Gasteiger partial charge is 0.464 e. The molecule has 1 N–H and O–H groups in total. The molecule has 0 radical (unpaired) electrons. The first-order chi connectivity index (χ1) is 13.8. The van der Waals surface area contributed by atoms with Gasteiger partial charge in [-0.1, -0.05) is 12.1 Å². The SMILES string of the molecule is CS(=O)(=O)Cc1cccc(Nc2ncc(F)c(-c3ccc(F)c4ccoc34)n2)c1. The molecule has 0 aliphatic rings. The number of fused-ring (bicyclic) bond motifs is 1. The van der Waals surface area contributed by atoms with Crippen molar-refractivity contribution in [3.05, 3.63) is 72.1 Å². The molecule has 0 fully saturated rings. The highest BCUT2D eigenvalue weighted by atomic mass is 32.2. The van der Waals surface area contributed by atoms with E-state index in [4.69, 9.17) is 4.42 Å². The fourth-order valence-corrected chi connectivity index (χ4v) is 3.79. The van der Waals surface area contributed by atoms with Gasteiger partial charge in [0.25, 0.3) is 0 Å². The van der Waals surface area contributed by atoms with Crippen molar-refractivity contribution in [2.24, 2.45) is 0 Å². The second kappa shape index (κ2) is 7.25. The van der Waals surface area contributed by atoms with Crippen LogP contribution >= 0.6 is 0 Å². The van der Waals surface area contributed by atoms with Crippen LogP contribution in [0.2, 0.25) is 0 Å². The van der Waals surface area contributed by atoms with Crippen molar-refractivity contribution in [2.45, 2.75) is 5.75 Å². The van der Waals surface area contributed by atoms with Crippen LogP contribution in [0.1, 0.15) is 5.56 Å². The van der Waals surface area contributed by atoms with Gasteiger partial charge in [0.15, 0.2) is 15.7 Å². The van der Waals surface area contributed by atoms with Gasteiger partial charge < -0.3 is 9.73 Å². The van der Waals surface area contributed by atoms with Crippen LogP contribution < -0.4 is 5.32 Å². The van der Waals surface area contributed by atoms with E-state index in [9.17, 15) is 17.2 Å². The maximum atomic E-state index is 14.4. The van der Waals surface area contributed by atoms with E-state index in [1.165, 1.54) is 24.5 Å². The highest BCUT2D eigenvalue weighted by Gasteiger charge is 2.17. The van der Waals surface area contributed by atoms with Gasteiger partial charge >= 0.3 is 0 Å². The van der Waals surface area contributed by atoms with Gasteiger partial charge in [-0.25, -0.2) is 27.2 Å². The Morgan fingerprint density at radius 3 is 2.72 bits per heavy atom. The minimum Gasteiger partial charge on any atom is -0.464 e. The first-order valence-corrected chi connectivity index (χ1v) is 10.6. The molecular formula is C20H15F2N3O3S. The van der Waals surface area contributed by atoms with E-state index < -0.39 is 21.5 Å². The second-order valence-corrected chi connectivity index (χ2v) is 8.68. The fourth-order valence-electron chi connectivity index (χ4n) is 3.00. The molecule has 0 spiro atoms. The number of rotatable bonds is 5. The highest BCUT2D eigenvalue weighted by Crippen LogP contribution is 2.32. The number of benzene rings is 2. The van der Waals surface area contributed by atoms with Crippen molar-refractivity contribution >= 4 is 32.4 Å². The monoisotopic (exact) mass is 415 g/mol. The molecule has 0 aliphatic carbocycles. The third-order valence-electron chi connectivity index (χ3n) is 4.17. The fraction of sp³-hybridized carbons (Fsp3) is 0.100. The molecule has 0 unspecified atom stereocenters. The molecule has 148 valence electrons. The normalized spacial score (nSPS) is 11.7. The van der Waals surface area contributed by atoms with Crippen LogP contribution in [0.4, 0.5) is 20.4 Å². The summed E-state index contributed by atoms with van der Waals surface area (Å²) in [6, 6.07) is 10.8. The van der Waals surface area contributed by atoms with Gasteiger partial charge in [-0.3, -0.25) is 0 Å². The van der Waals surface area contributed by atoms with Gasteiger partial charge in [-0.2, -0.15) is 0 Å². The summed E-state index contributed by atoms with van der Waals surface area (Å²) in [4.78, 5) is 8.13.